The van der Waals surface area contributed by atoms with Gasteiger partial charge in [-0.3, -0.25) is 4.98 Å². The van der Waals surface area contributed by atoms with Gasteiger partial charge >= 0.3 is 0 Å². The van der Waals surface area contributed by atoms with E-state index in [4.69, 9.17) is 24.5 Å². The molecule has 3 heterocycles. The normalized spacial score (nSPS) is 17.9. The third-order valence-electron chi connectivity index (χ3n) is 5.68. The van der Waals surface area contributed by atoms with Crippen molar-refractivity contribution < 1.29 is 14.6 Å². The Bertz CT molecular complexity index is 819. The summed E-state index contributed by atoms with van der Waals surface area (Å²) in [5, 5.41) is 12.9. The van der Waals surface area contributed by atoms with Crippen LogP contribution in [-0.2, 0) is 12.8 Å². The number of nitrogens with one attached hydrogen (secondary N) is 1. The predicted molar refractivity (Wildman–Crippen MR) is 105 cm³/mol. The molecule has 2 N–H and O–H groups in total. The highest BCUT2D eigenvalue weighted by atomic mass is 16.5. The maximum Gasteiger partial charge on any atom is 0.257 e. The van der Waals surface area contributed by atoms with Crippen LogP contribution in [0.4, 0.5) is 5.69 Å². The SMILES string of the molecule is COc1cc2nc3c(c(NC4CCN(CCO)CC4)c2nc1OC)CCC3. The first kappa shape index (κ1) is 18.3. The van der Waals surface area contributed by atoms with Crippen LogP contribution in [0, 0.1) is 0 Å². The third kappa shape index (κ3) is 3.53. The molecule has 0 aromatic carbocycles. The zero-order valence-electron chi connectivity index (χ0n) is 16.1. The number of pyridine rings is 2. The minimum atomic E-state index is 0.228. The van der Waals surface area contributed by atoms with Crippen molar-refractivity contribution in [3.63, 3.8) is 0 Å². The van der Waals surface area contributed by atoms with Gasteiger partial charge in [0, 0.05) is 37.4 Å². The number of rotatable bonds is 6. The van der Waals surface area contributed by atoms with Crippen LogP contribution < -0.4 is 14.8 Å². The molecule has 1 fully saturated rings. The number of aromatic nitrogens is 2. The number of aliphatic hydroxyl groups excluding tert-OH is 1. The van der Waals surface area contributed by atoms with Crippen molar-refractivity contribution in [1.29, 1.82) is 0 Å². The topological polar surface area (TPSA) is 79.7 Å². The van der Waals surface area contributed by atoms with E-state index in [1.807, 2.05) is 6.07 Å². The lowest BCUT2D eigenvalue weighted by molar-refractivity contribution is 0.168. The van der Waals surface area contributed by atoms with Crippen LogP contribution in [0.5, 0.6) is 11.6 Å². The fourth-order valence-corrected chi connectivity index (χ4v) is 4.24. The van der Waals surface area contributed by atoms with E-state index in [1.165, 1.54) is 11.3 Å². The molecule has 4 rings (SSSR count). The van der Waals surface area contributed by atoms with Crippen molar-refractivity contribution in [2.24, 2.45) is 0 Å². The van der Waals surface area contributed by atoms with E-state index >= 15 is 0 Å². The molecule has 2 aromatic heterocycles. The molecule has 7 heteroatoms. The lowest BCUT2D eigenvalue weighted by atomic mass is 10.0. The average molecular weight is 372 g/mol. The highest BCUT2D eigenvalue weighted by Crippen LogP contribution is 2.38. The van der Waals surface area contributed by atoms with Gasteiger partial charge in [-0.15, -0.1) is 0 Å². The van der Waals surface area contributed by atoms with Crippen molar-refractivity contribution in [2.45, 2.75) is 38.1 Å². The standard InChI is InChI=1S/C20H28N4O3/c1-26-17-12-16-19(23-20(17)27-2)18(14-4-3-5-15(14)22-16)21-13-6-8-24(9-7-13)10-11-25/h12-13,25H,3-11H2,1-2H3,(H,21,22). The Morgan fingerprint density at radius 2 is 2.00 bits per heavy atom. The summed E-state index contributed by atoms with van der Waals surface area (Å²) in [6.07, 6.45) is 5.32. The minimum Gasteiger partial charge on any atom is -0.491 e. The molecule has 0 unspecified atom stereocenters. The summed E-state index contributed by atoms with van der Waals surface area (Å²) in [6.45, 7) is 3.01. The number of aliphatic hydroxyl groups is 1. The van der Waals surface area contributed by atoms with Gasteiger partial charge in [0.25, 0.3) is 5.88 Å². The zero-order valence-corrected chi connectivity index (χ0v) is 16.1. The van der Waals surface area contributed by atoms with Gasteiger partial charge in [-0.05, 0) is 37.7 Å². The van der Waals surface area contributed by atoms with Crippen LogP contribution in [0.1, 0.15) is 30.5 Å². The van der Waals surface area contributed by atoms with Gasteiger partial charge in [0.1, 0.15) is 5.52 Å². The lowest BCUT2D eigenvalue weighted by Crippen LogP contribution is -2.40. The first-order chi connectivity index (χ1) is 13.2. The Kier molecular flexibility index (Phi) is 5.31. The Morgan fingerprint density at radius 1 is 1.19 bits per heavy atom. The van der Waals surface area contributed by atoms with Crippen molar-refractivity contribution in [2.75, 3.05) is 45.8 Å². The molecule has 0 saturated carbocycles. The molecular weight excluding hydrogens is 344 g/mol. The molecule has 1 aliphatic heterocycles. The number of ether oxygens (including phenoxy) is 2. The maximum absolute atomic E-state index is 9.14. The number of methoxy groups -OCH3 is 2. The van der Waals surface area contributed by atoms with Crippen LogP contribution in [-0.4, -0.2) is 66.5 Å². The quantitative estimate of drug-likeness (QED) is 0.803. The number of hydrogen-bond donors (Lipinski definition) is 2. The lowest BCUT2D eigenvalue weighted by Gasteiger charge is -2.33. The molecule has 0 radical (unpaired) electrons. The van der Waals surface area contributed by atoms with Gasteiger partial charge in [0.15, 0.2) is 5.75 Å². The van der Waals surface area contributed by atoms with E-state index in [9.17, 15) is 0 Å². The van der Waals surface area contributed by atoms with Crippen LogP contribution in [0.3, 0.4) is 0 Å². The van der Waals surface area contributed by atoms with Crippen LogP contribution in [0.25, 0.3) is 11.0 Å². The highest BCUT2D eigenvalue weighted by molar-refractivity contribution is 5.92. The van der Waals surface area contributed by atoms with E-state index in [2.05, 4.69) is 10.2 Å². The third-order valence-corrected chi connectivity index (χ3v) is 5.68. The number of nitrogens with zero attached hydrogens (tertiary/aromatic N) is 3. The van der Waals surface area contributed by atoms with E-state index in [0.717, 1.165) is 68.5 Å². The van der Waals surface area contributed by atoms with Crippen molar-refractivity contribution in [1.82, 2.24) is 14.9 Å². The molecule has 2 aliphatic rings. The van der Waals surface area contributed by atoms with E-state index in [0.29, 0.717) is 17.7 Å². The molecule has 27 heavy (non-hydrogen) atoms. The van der Waals surface area contributed by atoms with Gasteiger partial charge in [0.2, 0.25) is 0 Å². The maximum atomic E-state index is 9.14. The Balaban J connectivity index is 1.68. The van der Waals surface area contributed by atoms with Crippen LogP contribution in [0.2, 0.25) is 0 Å². The zero-order chi connectivity index (χ0) is 18.8. The number of fused-ring (bicyclic) bond motifs is 2. The molecule has 0 atom stereocenters. The predicted octanol–water partition coefficient (Wildman–Crippen LogP) is 2.00. The summed E-state index contributed by atoms with van der Waals surface area (Å²) in [5.74, 6) is 1.10. The summed E-state index contributed by atoms with van der Waals surface area (Å²) < 4.78 is 10.8. The molecule has 0 spiro atoms. The minimum absolute atomic E-state index is 0.228. The monoisotopic (exact) mass is 372 g/mol. The molecule has 1 saturated heterocycles. The summed E-state index contributed by atoms with van der Waals surface area (Å²) in [4.78, 5) is 11.9. The Morgan fingerprint density at radius 3 is 2.70 bits per heavy atom. The molecular formula is C20H28N4O3. The van der Waals surface area contributed by atoms with Gasteiger partial charge in [-0.2, -0.15) is 0 Å². The molecule has 0 bridgehead atoms. The van der Waals surface area contributed by atoms with E-state index in [-0.39, 0.29) is 6.61 Å². The first-order valence-electron chi connectivity index (χ1n) is 9.77. The molecule has 1 aliphatic carbocycles. The van der Waals surface area contributed by atoms with Crippen LogP contribution in [0.15, 0.2) is 6.07 Å². The van der Waals surface area contributed by atoms with E-state index < -0.39 is 0 Å². The van der Waals surface area contributed by atoms with E-state index in [1.54, 1.807) is 14.2 Å². The molecule has 0 amide bonds. The molecule has 2 aromatic rings. The first-order valence-corrected chi connectivity index (χ1v) is 9.77. The van der Waals surface area contributed by atoms with Crippen molar-refractivity contribution >= 4 is 16.7 Å². The Labute approximate surface area is 159 Å². The summed E-state index contributed by atoms with van der Waals surface area (Å²) in [5.41, 5.74) is 5.32. The fourth-order valence-electron chi connectivity index (χ4n) is 4.24. The number of piperidine rings is 1. The second-order valence-electron chi connectivity index (χ2n) is 7.32. The molecule has 146 valence electrons. The smallest absolute Gasteiger partial charge is 0.257 e. The average Bonchev–Trinajstić information content (AvgIpc) is 3.16. The fraction of sp³-hybridized carbons (Fsp3) is 0.600. The van der Waals surface area contributed by atoms with Crippen LogP contribution >= 0.6 is 0 Å². The second kappa shape index (κ2) is 7.86. The number of anilines is 1. The largest absolute Gasteiger partial charge is 0.491 e. The molecule has 7 nitrogen and oxygen atoms in total. The van der Waals surface area contributed by atoms with Crippen molar-refractivity contribution in [3.8, 4) is 11.6 Å². The summed E-state index contributed by atoms with van der Waals surface area (Å²) >= 11 is 0. The number of aryl methyl sites for hydroxylation is 1. The summed E-state index contributed by atoms with van der Waals surface area (Å²) in [7, 11) is 3.24. The number of β-amino-alcohol motifs (C(OH)–C–C–N with tert-alkyl or cyclic N) is 1. The van der Waals surface area contributed by atoms with Gasteiger partial charge in [-0.25, -0.2) is 4.98 Å². The van der Waals surface area contributed by atoms with Crippen molar-refractivity contribution in [3.05, 3.63) is 17.3 Å². The van der Waals surface area contributed by atoms with Gasteiger partial charge < -0.3 is 24.8 Å². The number of likely N-dealkylation sites (tertiary alicyclic amines) is 1. The summed E-state index contributed by atoms with van der Waals surface area (Å²) in [6, 6.07) is 2.33. The second-order valence-corrected chi connectivity index (χ2v) is 7.32. The highest BCUT2D eigenvalue weighted by Gasteiger charge is 2.25. The van der Waals surface area contributed by atoms with Gasteiger partial charge in [0.05, 0.1) is 32.0 Å². The van der Waals surface area contributed by atoms with Gasteiger partial charge in [-0.1, -0.05) is 0 Å². The Hall–Kier alpha value is -2.12. The number of hydrogen-bond acceptors (Lipinski definition) is 7.